The van der Waals surface area contributed by atoms with E-state index in [9.17, 15) is 9.18 Å². The standard InChI is InChI=1S/C20H27FN6O2/c1-12-10-26(11-13(2)29-12)18-7-6-15(9-16(18)21)22-20(28)23-17-5-4-8-27-14(3)24-25-19(17)27/h6-7,9,12-13,17H,4-5,8,10-11H2,1-3H3,(H2,22,23,28). The number of rotatable bonds is 3. The van der Waals surface area contributed by atoms with Crippen LogP contribution in [0.25, 0.3) is 0 Å². The van der Waals surface area contributed by atoms with Gasteiger partial charge in [-0.2, -0.15) is 0 Å². The number of nitrogens with one attached hydrogen (secondary N) is 2. The number of hydrogen-bond acceptors (Lipinski definition) is 5. The summed E-state index contributed by atoms with van der Waals surface area (Å²) >= 11 is 0. The van der Waals surface area contributed by atoms with Crippen LogP contribution in [0.5, 0.6) is 0 Å². The summed E-state index contributed by atoms with van der Waals surface area (Å²) in [5, 5.41) is 13.9. The van der Waals surface area contributed by atoms with E-state index in [-0.39, 0.29) is 30.1 Å². The molecule has 2 aromatic rings. The minimum Gasteiger partial charge on any atom is -0.372 e. The fourth-order valence-electron chi connectivity index (χ4n) is 4.19. The lowest BCUT2D eigenvalue weighted by molar-refractivity contribution is -0.00539. The van der Waals surface area contributed by atoms with E-state index in [1.165, 1.54) is 6.07 Å². The van der Waals surface area contributed by atoms with Gasteiger partial charge in [0, 0.05) is 25.3 Å². The third-order valence-electron chi connectivity index (χ3n) is 5.42. The number of aryl methyl sites for hydroxylation is 1. The number of nitrogens with zero attached hydrogens (tertiary/aromatic N) is 4. The zero-order valence-electron chi connectivity index (χ0n) is 17.0. The maximum absolute atomic E-state index is 14.7. The van der Waals surface area contributed by atoms with Crippen molar-refractivity contribution in [3.8, 4) is 0 Å². The second-order valence-electron chi connectivity index (χ2n) is 7.88. The number of urea groups is 1. The lowest BCUT2D eigenvalue weighted by Crippen LogP contribution is -2.45. The molecule has 1 fully saturated rings. The normalized spacial score (nSPS) is 24.1. The molecular weight excluding hydrogens is 375 g/mol. The molecule has 2 aliphatic rings. The Morgan fingerprint density at radius 2 is 2.00 bits per heavy atom. The maximum atomic E-state index is 14.7. The number of aromatic nitrogens is 3. The Balaban J connectivity index is 1.41. The van der Waals surface area contributed by atoms with Crippen LogP contribution in [0.4, 0.5) is 20.6 Å². The molecule has 0 aliphatic carbocycles. The van der Waals surface area contributed by atoms with Crippen molar-refractivity contribution in [2.75, 3.05) is 23.3 Å². The summed E-state index contributed by atoms with van der Waals surface area (Å²) in [5.74, 6) is 1.24. The summed E-state index contributed by atoms with van der Waals surface area (Å²) in [5.41, 5.74) is 0.931. The molecule has 1 saturated heterocycles. The first-order valence-electron chi connectivity index (χ1n) is 10.1. The Kier molecular flexibility index (Phi) is 5.40. The molecule has 156 valence electrons. The molecule has 8 nitrogen and oxygen atoms in total. The smallest absolute Gasteiger partial charge is 0.319 e. The fourth-order valence-corrected chi connectivity index (χ4v) is 4.19. The first-order chi connectivity index (χ1) is 13.9. The number of benzene rings is 1. The van der Waals surface area contributed by atoms with Crippen LogP contribution in [0.15, 0.2) is 18.2 Å². The zero-order chi connectivity index (χ0) is 20.5. The van der Waals surface area contributed by atoms with Crippen molar-refractivity contribution < 1.29 is 13.9 Å². The Labute approximate surface area is 169 Å². The maximum Gasteiger partial charge on any atom is 0.319 e. The topological polar surface area (TPSA) is 84.3 Å². The number of hydrogen-bond donors (Lipinski definition) is 2. The van der Waals surface area contributed by atoms with Gasteiger partial charge >= 0.3 is 6.03 Å². The van der Waals surface area contributed by atoms with Gasteiger partial charge in [-0.3, -0.25) is 0 Å². The van der Waals surface area contributed by atoms with Crippen LogP contribution in [-0.2, 0) is 11.3 Å². The van der Waals surface area contributed by atoms with Crippen LogP contribution in [0.3, 0.4) is 0 Å². The second kappa shape index (κ2) is 7.98. The number of morpholine rings is 1. The van der Waals surface area contributed by atoms with E-state index in [1.54, 1.807) is 12.1 Å². The Hall–Kier alpha value is -2.68. The molecule has 0 spiro atoms. The van der Waals surface area contributed by atoms with Gasteiger partial charge in [-0.15, -0.1) is 10.2 Å². The Bertz CT molecular complexity index is 891. The number of anilines is 2. The number of fused-ring (bicyclic) bond motifs is 1. The molecule has 4 rings (SSSR count). The van der Waals surface area contributed by atoms with E-state index < -0.39 is 0 Å². The van der Waals surface area contributed by atoms with Crippen molar-refractivity contribution in [2.24, 2.45) is 0 Å². The summed E-state index contributed by atoms with van der Waals surface area (Å²) in [6.07, 6.45) is 1.83. The van der Waals surface area contributed by atoms with Crippen molar-refractivity contribution >= 4 is 17.4 Å². The molecule has 0 bridgehead atoms. The Morgan fingerprint density at radius 3 is 2.72 bits per heavy atom. The van der Waals surface area contributed by atoms with Crippen LogP contribution in [-0.4, -0.2) is 46.1 Å². The van der Waals surface area contributed by atoms with Crippen LogP contribution < -0.4 is 15.5 Å². The van der Waals surface area contributed by atoms with Crippen LogP contribution in [0.2, 0.25) is 0 Å². The van der Waals surface area contributed by atoms with Crippen molar-refractivity contribution in [1.82, 2.24) is 20.1 Å². The average Bonchev–Trinajstić information content (AvgIpc) is 3.03. The molecule has 2 amide bonds. The SMILES string of the molecule is Cc1nnc2n1CCCC2NC(=O)Nc1ccc(N2CC(C)OC(C)C2)c(F)c1. The summed E-state index contributed by atoms with van der Waals surface area (Å²) in [4.78, 5) is 14.4. The highest BCUT2D eigenvalue weighted by Crippen LogP contribution is 2.27. The molecule has 3 unspecified atom stereocenters. The van der Waals surface area contributed by atoms with Gasteiger partial charge in [0.25, 0.3) is 0 Å². The third-order valence-corrected chi connectivity index (χ3v) is 5.42. The van der Waals surface area contributed by atoms with Crippen molar-refractivity contribution in [3.63, 3.8) is 0 Å². The number of carbonyl (C=O) groups is 1. The minimum atomic E-state index is -0.384. The first-order valence-corrected chi connectivity index (χ1v) is 10.1. The highest BCUT2D eigenvalue weighted by Gasteiger charge is 2.26. The van der Waals surface area contributed by atoms with E-state index in [4.69, 9.17) is 4.74 Å². The van der Waals surface area contributed by atoms with Crippen molar-refractivity contribution in [3.05, 3.63) is 35.7 Å². The summed E-state index contributed by atoms with van der Waals surface area (Å²) in [6, 6.07) is 4.19. The monoisotopic (exact) mass is 402 g/mol. The van der Waals surface area contributed by atoms with Crippen molar-refractivity contribution in [2.45, 2.75) is 58.4 Å². The van der Waals surface area contributed by atoms with Crippen LogP contribution in [0.1, 0.15) is 44.4 Å². The molecule has 9 heteroatoms. The number of ether oxygens (including phenoxy) is 1. The molecule has 3 atom stereocenters. The molecule has 2 N–H and O–H groups in total. The van der Waals surface area contributed by atoms with Gasteiger partial charge in [-0.25, -0.2) is 9.18 Å². The number of carbonyl (C=O) groups excluding carboxylic acids is 1. The van der Waals surface area contributed by atoms with Gasteiger partial charge in [0.15, 0.2) is 5.82 Å². The van der Waals surface area contributed by atoms with Gasteiger partial charge in [-0.05, 0) is 51.8 Å². The van der Waals surface area contributed by atoms with E-state index in [1.807, 2.05) is 30.2 Å². The summed E-state index contributed by atoms with van der Waals surface area (Å²) in [7, 11) is 0. The summed E-state index contributed by atoms with van der Waals surface area (Å²) in [6.45, 7) is 7.99. The van der Waals surface area contributed by atoms with E-state index >= 15 is 0 Å². The second-order valence-corrected chi connectivity index (χ2v) is 7.88. The molecule has 1 aromatic carbocycles. The van der Waals surface area contributed by atoms with E-state index in [0.29, 0.717) is 24.5 Å². The molecule has 0 radical (unpaired) electrons. The quantitative estimate of drug-likeness (QED) is 0.825. The number of amides is 2. The van der Waals surface area contributed by atoms with Gasteiger partial charge in [0.05, 0.1) is 23.9 Å². The average molecular weight is 402 g/mol. The lowest BCUT2D eigenvalue weighted by atomic mass is 10.1. The molecule has 3 heterocycles. The largest absolute Gasteiger partial charge is 0.372 e. The predicted octanol–water partition coefficient (Wildman–Crippen LogP) is 3.00. The lowest BCUT2D eigenvalue weighted by Gasteiger charge is -2.37. The minimum absolute atomic E-state index is 0.0444. The first kappa shape index (κ1) is 19.6. The molecule has 29 heavy (non-hydrogen) atoms. The molecule has 2 aliphatic heterocycles. The number of halogens is 1. The molecule has 1 aromatic heterocycles. The van der Waals surface area contributed by atoms with Crippen molar-refractivity contribution in [1.29, 1.82) is 0 Å². The fraction of sp³-hybridized carbons (Fsp3) is 0.550. The molecular formula is C20H27FN6O2. The third kappa shape index (κ3) is 4.19. The highest BCUT2D eigenvalue weighted by molar-refractivity contribution is 5.89. The van der Waals surface area contributed by atoms with Gasteiger partial charge in [0.2, 0.25) is 0 Å². The van der Waals surface area contributed by atoms with Gasteiger partial charge in [0.1, 0.15) is 11.6 Å². The summed E-state index contributed by atoms with van der Waals surface area (Å²) < 4.78 is 22.5. The van der Waals surface area contributed by atoms with Crippen LogP contribution in [0, 0.1) is 12.7 Å². The predicted molar refractivity (Wildman–Crippen MR) is 108 cm³/mol. The Morgan fingerprint density at radius 1 is 1.24 bits per heavy atom. The highest BCUT2D eigenvalue weighted by atomic mass is 19.1. The van der Waals surface area contributed by atoms with E-state index in [2.05, 4.69) is 20.8 Å². The zero-order valence-corrected chi connectivity index (χ0v) is 17.0. The van der Waals surface area contributed by atoms with Gasteiger partial charge in [-0.1, -0.05) is 0 Å². The molecule has 0 saturated carbocycles. The van der Waals surface area contributed by atoms with Crippen LogP contribution >= 0.6 is 0 Å². The van der Waals surface area contributed by atoms with Gasteiger partial charge < -0.3 is 24.8 Å². The van der Waals surface area contributed by atoms with E-state index in [0.717, 1.165) is 31.0 Å².